The highest BCUT2D eigenvalue weighted by molar-refractivity contribution is 6.25. The Morgan fingerprint density at radius 2 is 1.90 bits per heavy atom. The number of aromatic nitrogens is 2. The molecule has 0 radical (unpaired) electrons. The molecule has 6 rings (SSSR count). The summed E-state index contributed by atoms with van der Waals surface area (Å²) in [6.45, 7) is 3.56. The van der Waals surface area contributed by atoms with Crippen LogP contribution in [0.3, 0.4) is 0 Å². The molecular weight excluding hydrogens is 504 g/mol. The summed E-state index contributed by atoms with van der Waals surface area (Å²) in [5.41, 5.74) is 1.56. The number of amides is 5. The summed E-state index contributed by atoms with van der Waals surface area (Å²) in [6.07, 6.45) is 7.05. The second-order valence-corrected chi connectivity index (χ2v) is 10.9. The zero-order valence-electron chi connectivity index (χ0n) is 21.6. The van der Waals surface area contributed by atoms with Gasteiger partial charge in [-0.15, -0.1) is 0 Å². The van der Waals surface area contributed by atoms with Gasteiger partial charge in [0.05, 0.1) is 23.4 Å². The first kappa shape index (κ1) is 25.1. The Morgan fingerprint density at radius 1 is 1.13 bits per heavy atom. The number of likely N-dealkylation sites (tertiary alicyclic amines) is 1. The summed E-state index contributed by atoms with van der Waals surface area (Å²) in [4.78, 5) is 65.3. The monoisotopic (exact) mass is 534 g/mol. The first-order valence-electron chi connectivity index (χ1n) is 13.3. The Hall–Kier alpha value is -4.22. The number of carbonyl (C=O) groups excluding carboxylic acids is 5. The highest BCUT2D eigenvalue weighted by Gasteiger charge is 2.46. The number of ether oxygens (including phenoxy) is 1. The third-order valence-electron chi connectivity index (χ3n) is 7.99. The van der Waals surface area contributed by atoms with Gasteiger partial charge in [-0.2, -0.15) is 5.10 Å². The van der Waals surface area contributed by atoms with Gasteiger partial charge in [0.1, 0.15) is 11.6 Å². The molecule has 1 aliphatic carbocycles. The topological polar surface area (TPSA) is 143 Å². The van der Waals surface area contributed by atoms with E-state index in [4.69, 9.17) is 4.74 Å². The highest BCUT2D eigenvalue weighted by Crippen LogP contribution is 2.39. The lowest BCUT2D eigenvalue weighted by molar-refractivity contribution is -0.136. The molecule has 3 fully saturated rings. The SMILES string of the molecule is CC1(OC(=O)N2CCC(n3cc(CNc4cccc5c4C(=O)N(C4CCC(=O)NC4=O)C5=O)cn3)CC2)CC1. The van der Waals surface area contributed by atoms with Crippen LogP contribution in [0.25, 0.3) is 0 Å². The van der Waals surface area contributed by atoms with Gasteiger partial charge in [-0.25, -0.2) is 4.79 Å². The standard InChI is InChI=1S/C27H30N6O6/c1-27(9-10-27)39-26(38)31-11-7-17(8-12-31)32-15-16(14-29-32)13-28-19-4-2-3-18-22(19)25(37)33(24(18)36)20-5-6-21(34)30-23(20)35/h2-4,14-15,17,20,28H,5-13H2,1H3,(H,30,34,35). The van der Waals surface area contributed by atoms with Crippen LogP contribution in [-0.2, 0) is 20.9 Å². The fourth-order valence-corrected chi connectivity index (χ4v) is 5.39. The van der Waals surface area contributed by atoms with Crippen LogP contribution in [0.5, 0.6) is 0 Å². The van der Waals surface area contributed by atoms with Gasteiger partial charge >= 0.3 is 6.09 Å². The van der Waals surface area contributed by atoms with Crippen LogP contribution in [0.2, 0.25) is 0 Å². The molecule has 39 heavy (non-hydrogen) atoms. The number of hydrogen-bond acceptors (Lipinski definition) is 8. The first-order chi connectivity index (χ1) is 18.7. The van der Waals surface area contributed by atoms with Crippen molar-refractivity contribution in [2.75, 3.05) is 18.4 Å². The fourth-order valence-electron chi connectivity index (χ4n) is 5.39. The molecule has 5 amide bonds. The number of nitrogens with one attached hydrogen (secondary N) is 2. The van der Waals surface area contributed by atoms with Gasteiger partial charge in [0.15, 0.2) is 0 Å². The maximum Gasteiger partial charge on any atom is 0.410 e. The summed E-state index contributed by atoms with van der Waals surface area (Å²) in [5, 5.41) is 9.97. The minimum Gasteiger partial charge on any atom is -0.443 e. The zero-order valence-corrected chi connectivity index (χ0v) is 21.6. The molecular formula is C27H30N6O6. The Morgan fingerprint density at radius 3 is 2.62 bits per heavy atom. The van der Waals surface area contributed by atoms with Crippen molar-refractivity contribution in [2.45, 2.75) is 69.7 Å². The van der Waals surface area contributed by atoms with Gasteiger partial charge in [-0.1, -0.05) is 6.07 Å². The summed E-state index contributed by atoms with van der Waals surface area (Å²) < 4.78 is 7.49. The number of rotatable bonds is 6. The Kier molecular flexibility index (Phi) is 6.12. The van der Waals surface area contributed by atoms with E-state index in [1.807, 2.05) is 17.8 Å². The smallest absolute Gasteiger partial charge is 0.410 e. The van der Waals surface area contributed by atoms with Crippen LogP contribution < -0.4 is 10.6 Å². The molecule has 12 heteroatoms. The predicted octanol–water partition coefficient (Wildman–Crippen LogP) is 2.22. The van der Waals surface area contributed by atoms with Gasteiger partial charge in [-0.3, -0.25) is 34.1 Å². The van der Waals surface area contributed by atoms with Crippen molar-refractivity contribution in [1.82, 2.24) is 24.9 Å². The molecule has 2 saturated heterocycles. The largest absolute Gasteiger partial charge is 0.443 e. The van der Waals surface area contributed by atoms with Gasteiger partial charge in [0.25, 0.3) is 11.8 Å². The number of piperidine rings is 2. The third-order valence-corrected chi connectivity index (χ3v) is 7.99. The van der Waals surface area contributed by atoms with E-state index in [1.165, 1.54) is 0 Å². The van der Waals surface area contributed by atoms with Gasteiger partial charge < -0.3 is 15.0 Å². The number of nitrogens with zero attached hydrogens (tertiary/aromatic N) is 4. The Bertz CT molecular complexity index is 1370. The number of hydrogen-bond donors (Lipinski definition) is 2. The fraction of sp³-hybridized carbons (Fsp3) is 0.481. The van der Waals surface area contributed by atoms with Crippen molar-refractivity contribution in [3.8, 4) is 0 Å². The van der Waals surface area contributed by atoms with E-state index in [-0.39, 0.29) is 41.7 Å². The van der Waals surface area contributed by atoms with Crippen LogP contribution in [0, 0.1) is 0 Å². The van der Waals surface area contributed by atoms with Crippen molar-refractivity contribution < 1.29 is 28.7 Å². The summed E-state index contributed by atoms with van der Waals surface area (Å²) in [7, 11) is 0. The number of carbonyl (C=O) groups is 5. The molecule has 0 spiro atoms. The molecule has 4 aliphatic rings. The third kappa shape index (κ3) is 4.75. The number of anilines is 1. The van der Waals surface area contributed by atoms with Crippen molar-refractivity contribution in [3.05, 3.63) is 47.3 Å². The van der Waals surface area contributed by atoms with Crippen LogP contribution in [0.4, 0.5) is 10.5 Å². The lowest BCUT2D eigenvalue weighted by Crippen LogP contribution is -2.54. The summed E-state index contributed by atoms with van der Waals surface area (Å²) in [6, 6.07) is 4.14. The van der Waals surface area contributed by atoms with Crippen LogP contribution in [-0.4, -0.2) is 74.0 Å². The van der Waals surface area contributed by atoms with Crippen LogP contribution in [0.15, 0.2) is 30.6 Å². The quantitative estimate of drug-likeness (QED) is 0.537. The summed E-state index contributed by atoms with van der Waals surface area (Å²) >= 11 is 0. The molecule has 1 unspecified atom stereocenters. The average Bonchev–Trinajstić information content (AvgIpc) is 3.35. The van der Waals surface area contributed by atoms with Gasteiger partial charge in [-0.05, 0) is 51.2 Å². The van der Waals surface area contributed by atoms with Gasteiger partial charge in [0, 0.05) is 43.5 Å². The van der Waals surface area contributed by atoms with Crippen LogP contribution >= 0.6 is 0 Å². The minimum absolute atomic E-state index is 0.0709. The van der Waals surface area contributed by atoms with Crippen LogP contribution in [0.1, 0.15) is 77.8 Å². The molecule has 3 aliphatic heterocycles. The van der Waals surface area contributed by atoms with Crippen molar-refractivity contribution >= 4 is 35.4 Å². The normalized spacial score (nSPS) is 22.5. The predicted molar refractivity (Wildman–Crippen MR) is 137 cm³/mol. The van der Waals surface area contributed by atoms with E-state index >= 15 is 0 Å². The minimum atomic E-state index is -1.01. The molecule has 2 N–H and O–H groups in total. The summed E-state index contributed by atoms with van der Waals surface area (Å²) in [5.74, 6) is -2.14. The molecule has 0 bridgehead atoms. The van der Waals surface area contributed by atoms with E-state index in [2.05, 4.69) is 15.7 Å². The maximum absolute atomic E-state index is 13.3. The van der Waals surface area contributed by atoms with E-state index in [1.54, 1.807) is 29.3 Å². The second kappa shape index (κ2) is 9.51. The van der Waals surface area contributed by atoms with Crippen molar-refractivity contribution in [3.63, 3.8) is 0 Å². The Labute approximate surface area is 224 Å². The second-order valence-electron chi connectivity index (χ2n) is 10.9. The van der Waals surface area contributed by atoms with Crippen molar-refractivity contribution in [1.29, 1.82) is 0 Å². The lowest BCUT2D eigenvalue weighted by atomic mass is 10.0. The van der Waals surface area contributed by atoms with Crippen molar-refractivity contribution in [2.24, 2.45) is 0 Å². The molecule has 1 saturated carbocycles. The molecule has 1 atom stereocenters. The Balaban J connectivity index is 1.08. The first-order valence-corrected chi connectivity index (χ1v) is 13.3. The molecule has 204 valence electrons. The number of imide groups is 2. The highest BCUT2D eigenvalue weighted by atomic mass is 16.6. The van der Waals surface area contributed by atoms with E-state index in [9.17, 15) is 24.0 Å². The molecule has 12 nitrogen and oxygen atoms in total. The molecule has 4 heterocycles. The van der Waals surface area contributed by atoms with Gasteiger partial charge in [0.2, 0.25) is 11.8 Å². The number of fused-ring (bicyclic) bond motifs is 1. The lowest BCUT2D eigenvalue weighted by Gasteiger charge is -2.32. The van der Waals surface area contributed by atoms with E-state index < -0.39 is 29.7 Å². The molecule has 2 aromatic rings. The average molecular weight is 535 g/mol. The molecule has 1 aromatic carbocycles. The zero-order chi connectivity index (χ0) is 27.3. The number of benzene rings is 1. The van der Waals surface area contributed by atoms with E-state index in [0.29, 0.717) is 25.3 Å². The van der Waals surface area contributed by atoms with E-state index in [0.717, 1.165) is 36.1 Å². The maximum atomic E-state index is 13.3. The molecule has 1 aromatic heterocycles.